The monoisotopic (exact) mass is 388 g/mol. The molecule has 1 aliphatic rings. The van der Waals surface area contributed by atoms with Gasteiger partial charge in [-0.1, -0.05) is 23.7 Å². The Balaban J connectivity index is 1.63. The van der Waals surface area contributed by atoms with Crippen LogP contribution in [0.4, 0.5) is 0 Å². The minimum Gasteiger partial charge on any atom is -0.353 e. The number of rotatable bonds is 3. The normalized spacial score (nSPS) is 14.7. The lowest BCUT2D eigenvalue weighted by Crippen LogP contribution is -2.49. The number of carbonyl (C=O) groups excluding carboxylic acids is 2. The van der Waals surface area contributed by atoms with Crippen LogP contribution in [0.5, 0.6) is 0 Å². The van der Waals surface area contributed by atoms with Gasteiger partial charge in [0.15, 0.2) is 0 Å². The number of hydrogen-bond acceptors (Lipinski definition) is 4. The summed E-state index contributed by atoms with van der Waals surface area (Å²) in [6.07, 6.45) is 0. The van der Waals surface area contributed by atoms with Crippen molar-refractivity contribution in [1.29, 1.82) is 0 Å². The van der Waals surface area contributed by atoms with Crippen molar-refractivity contribution >= 4 is 45.0 Å². The van der Waals surface area contributed by atoms with Gasteiger partial charge in [-0.25, -0.2) is 0 Å². The zero-order valence-electron chi connectivity index (χ0n) is 14.2. The maximum absolute atomic E-state index is 12.7. The van der Waals surface area contributed by atoms with Gasteiger partial charge in [0.2, 0.25) is 5.91 Å². The molecule has 0 unspecified atom stereocenters. The van der Waals surface area contributed by atoms with Crippen LogP contribution in [-0.4, -0.2) is 46.1 Å². The fraction of sp³-hybridized carbons (Fsp3) is 0.278. The first-order chi connectivity index (χ1) is 12.5. The summed E-state index contributed by atoms with van der Waals surface area (Å²) >= 11 is 7.37. The third kappa shape index (κ3) is 3.20. The lowest BCUT2D eigenvalue weighted by Gasteiger charge is -2.26. The minimum atomic E-state index is -0.115. The molecule has 2 aromatic heterocycles. The van der Waals surface area contributed by atoms with Gasteiger partial charge in [-0.05, 0) is 30.7 Å². The summed E-state index contributed by atoms with van der Waals surface area (Å²) in [6.45, 7) is 3.70. The molecule has 0 radical (unpaired) electrons. The van der Waals surface area contributed by atoms with Crippen LogP contribution >= 0.6 is 22.9 Å². The van der Waals surface area contributed by atoms with E-state index in [1.54, 1.807) is 4.90 Å². The van der Waals surface area contributed by atoms with E-state index in [2.05, 4.69) is 10.4 Å². The topological polar surface area (TPSA) is 67.2 Å². The summed E-state index contributed by atoms with van der Waals surface area (Å²) < 4.78 is 1.91. The summed E-state index contributed by atoms with van der Waals surface area (Å²) in [7, 11) is 0. The zero-order valence-corrected chi connectivity index (χ0v) is 15.7. The number of aryl methyl sites for hydroxylation is 1. The van der Waals surface area contributed by atoms with Gasteiger partial charge in [-0.3, -0.25) is 14.3 Å². The van der Waals surface area contributed by atoms with Gasteiger partial charge in [-0.2, -0.15) is 5.10 Å². The Labute approximate surface area is 159 Å². The zero-order chi connectivity index (χ0) is 18.3. The number of nitrogens with one attached hydrogen (secondary N) is 1. The Morgan fingerprint density at radius 2 is 2.12 bits per heavy atom. The summed E-state index contributed by atoms with van der Waals surface area (Å²) in [6, 6.07) is 9.54. The van der Waals surface area contributed by atoms with Crippen molar-refractivity contribution in [2.75, 3.05) is 19.6 Å². The van der Waals surface area contributed by atoms with E-state index in [1.807, 2.05) is 41.9 Å². The van der Waals surface area contributed by atoms with Crippen LogP contribution in [0.3, 0.4) is 0 Å². The number of hydrogen-bond donors (Lipinski definition) is 1. The first-order valence-corrected chi connectivity index (χ1v) is 9.48. The number of piperazine rings is 1. The van der Waals surface area contributed by atoms with Gasteiger partial charge in [0.1, 0.15) is 4.83 Å². The van der Waals surface area contributed by atoms with Gasteiger partial charge < -0.3 is 10.2 Å². The molecule has 6 nitrogen and oxygen atoms in total. The lowest BCUT2D eigenvalue weighted by molar-refractivity contribution is -0.123. The van der Waals surface area contributed by atoms with Crippen molar-refractivity contribution in [2.24, 2.45) is 0 Å². The third-order valence-electron chi connectivity index (χ3n) is 4.39. The van der Waals surface area contributed by atoms with Crippen LogP contribution in [0.15, 0.2) is 30.3 Å². The van der Waals surface area contributed by atoms with Crippen LogP contribution in [0.1, 0.15) is 20.9 Å². The lowest BCUT2D eigenvalue weighted by atomic mass is 10.2. The Bertz CT molecular complexity index is 993. The maximum Gasteiger partial charge on any atom is 0.264 e. The highest BCUT2D eigenvalue weighted by Gasteiger charge is 2.25. The molecule has 1 saturated heterocycles. The number of benzene rings is 1. The third-order valence-corrected chi connectivity index (χ3v) is 5.78. The predicted molar refractivity (Wildman–Crippen MR) is 102 cm³/mol. The van der Waals surface area contributed by atoms with E-state index in [-0.39, 0.29) is 18.4 Å². The summed E-state index contributed by atoms with van der Waals surface area (Å²) in [5.74, 6) is -0.214. The van der Waals surface area contributed by atoms with Crippen LogP contribution in [0.2, 0.25) is 5.02 Å². The highest BCUT2D eigenvalue weighted by molar-refractivity contribution is 7.20. The van der Waals surface area contributed by atoms with E-state index in [1.165, 1.54) is 11.3 Å². The van der Waals surface area contributed by atoms with Crippen LogP contribution in [-0.2, 0) is 11.3 Å². The molecular weight excluding hydrogens is 372 g/mol. The van der Waals surface area contributed by atoms with Gasteiger partial charge >= 0.3 is 0 Å². The Morgan fingerprint density at radius 3 is 2.85 bits per heavy atom. The summed E-state index contributed by atoms with van der Waals surface area (Å²) in [4.78, 5) is 27.5. The molecule has 3 aromatic rings. The number of fused-ring (bicyclic) bond motifs is 1. The summed E-state index contributed by atoms with van der Waals surface area (Å²) in [5, 5.41) is 9.01. The molecule has 0 saturated carbocycles. The average Bonchev–Trinajstić information content (AvgIpc) is 3.18. The average molecular weight is 389 g/mol. The molecule has 1 aromatic carbocycles. The highest BCUT2D eigenvalue weighted by Crippen LogP contribution is 2.30. The second-order valence-electron chi connectivity index (χ2n) is 6.28. The molecule has 0 bridgehead atoms. The molecule has 0 atom stereocenters. The molecule has 4 rings (SSSR count). The molecule has 0 spiro atoms. The fourth-order valence-corrected chi connectivity index (χ4v) is 4.31. The highest BCUT2D eigenvalue weighted by atomic mass is 35.5. The molecule has 134 valence electrons. The molecule has 1 aliphatic heterocycles. The van der Waals surface area contributed by atoms with Crippen molar-refractivity contribution in [3.8, 4) is 0 Å². The second kappa shape index (κ2) is 6.74. The first kappa shape index (κ1) is 17.1. The van der Waals surface area contributed by atoms with Crippen LogP contribution < -0.4 is 5.32 Å². The quantitative estimate of drug-likeness (QED) is 0.750. The van der Waals surface area contributed by atoms with E-state index in [9.17, 15) is 9.59 Å². The molecule has 2 amide bonds. The molecule has 3 heterocycles. The second-order valence-corrected chi connectivity index (χ2v) is 7.74. The van der Waals surface area contributed by atoms with Crippen molar-refractivity contribution in [3.05, 3.63) is 51.5 Å². The molecule has 0 aliphatic carbocycles. The van der Waals surface area contributed by atoms with E-state index in [4.69, 9.17) is 11.6 Å². The van der Waals surface area contributed by atoms with E-state index in [0.29, 0.717) is 29.5 Å². The number of amides is 2. The largest absolute Gasteiger partial charge is 0.353 e. The number of nitrogens with zero attached hydrogens (tertiary/aromatic N) is 3. The van der Waals surface area contributed by atoms with Crippen molar-refractivity contribution in [3.63, 3.8) is 0 Å². The Kier molecular flexibility index (Phi) is 4.42. The molecule has 1 fully saturated rings. The number of carbonyl (C=O) groups is 2. The van der Waals surface area contributed by atoms with Gasteiger partial charge in [0, 0.05) is 23.5 Å². The van der Waals surface area contributed by atoms with Gasteiger partial charge in [0.25, 0.3) is 5.91 Å². The SMILES string of the molecule is Cc1nn(Cc2ccc(Cl)cc2)c2sc(C(=O)N3CCNC(=O)C3)cc12. The van der Waals surface area contributed by atoms with Crippen LogP contribution in [0, 0.1) is 6.92 Å². The number of halogens is 1. The molecule has 26 heavy (non-hydrogen) atoms. The minimum absolute atomic E-state index is 0.0986. The number of thiophene rings is 1. The van der Waals surface area contributed by atoms with E-state index >= 15 is 0 Å². The first-order valence-electron chi connectivity index (χ1n) is 8.28. The van der Waals surface area contributed by atoms with Crippen molar-refractivity contribution < 1.29 is 9.59 Å². The van der Waals surface area contributed by atoms with E-state index in [0.717, 1.165) is 21.5 Å². The number of aromatic nitrogens is 2. The molecule has 8 heteroatoms. The van der Waals surface area contributed by atoms with E-state index < -0.39 is 0 Å². The van der Waals surface area contributed by atoms with Crippen LogP contribution in [0.25, 0.3) is 10.2 Å². The smallest absolute Gasteiger partial charge is 0.264 e. The molecule has 1 N–H and O–H groups in total. The van der Waals surface area contributed by atoms with Crippen molar-refractivity contribution in [1.82, 2.24) is 20.0 Å². The Hall–Kier alpha value is -2.38. The van der Waals surface area contributed by atoms with Crippen molar-refractivity contribution in [2.45, 2.75) is 13.5 Å². The van der Waals surface area contributed by atoms with Gasteiger partial charge in [0.05, 0.1) is 23.7 Å². The summed E-state index contributed by atoms with van der Waals surface area (Å²) in [5.41, 5.74) is 1.98. The fourth-order valence-electron chi connectivity index (χ4n) is 3.06. The maximum atomic E-state index is 12.7. The van der Waals surface area contributed by atoms with Gasteiger partial charge in [-0.15, -0.1) is 11.3 Å². The standard InChI is InChI=1S/C18H17ClN4O2S/c1-11-14-8-15(17(25)22-7-6-20-16(24)10-22)26-18(14)23(21-11)9-12-2-4-13(19)5-3-12/h2-5,8H,6-7,9-10H2,1H3,(H,20,24). The molecular formula is C18H17ClN4O2S. The predicted octanol–water partition coefficient (Wildman–Crippen LogP) is 2.68. The Morgan fingerprint density at radius 1 is 1.35 bits per heavy atom.